The molecule has 306 valence electrons. The second-order valence-corrected chi connectivity index (χ2v) is 18.7. The van der Waals surface area contributed by atoms with E-state index in [0.29, 0.717) is 0 Å². The molecule has 2 heterocycles. The highest BCUT2D eigenvalue weighted by Gasteiger charge is 2.50. The van der Waals surface area contributed by atoms with Gasteiger partial charge in [-0.15, -0.1) is 0 Å². The van der Waals surface area contributed by atoms with Crippen LogP contribution in [0.1, 0.15) is 22.3 Å². The number of pyridine rings is 1. The molecule has 0 saturated carbocycles. The summed E-state index contributed by atoms with van der Waals surface area (Å²) in [6.45, 7) is 0. The maximum atomic E-state index is 5.50. The van der Waals surface area contributed by atoms with Crippen molar-refractivity contribution in [2.24, 2.45) is 0 Å². The molecule has 1 spiro atoms. The van der Waals surface area contributed by atoms with Gasteiger partial charge in [-0.2, -0.15) is 0 Å². The van der Waals surface area contributed by atoms with Crippen molar-refractivity contribution >= 4 is 55.0 Å². The van der Waals surface area contributed by atoms with Crippen molar-refractivity contribution in [3.05, 3.63) is 259 Å². The molecule has 0 radical (unpaired) electrons. The molecule has 1 nitrogen and oxygen atoms in total. The molecule has 0 bridgehead atoms. The van der Waals surface area contributed by atoms with Crippen LogP contribution < -0.4 is 0 Å². The van der Waals surface area contributed by atoms with Gasteiger partial charge in [-0.1, -0.05) is 230 Å². The number of nitrogens with zero attached hydrogens (tertiary/aromatic N) is 1. The van der Waals surface area contributed by atoms with Gasteiger partial charge in [0.1, 0.15) is 0 Å². The summed E-state index contributed by atoms with van der Waals surface area (Å²) >= 11 is 1.89. The van der Waals surface area contributed by atoms with Gasteiger partial charge in [-0.05, 0) is 107 Å². The van der Waals surface area contributed by atoms with Gasteiger partial charge in [0.05, 0.1) is 16.6 Å². The van der Waals surface area contributed by atoms with E-state index in [2.05, 4.69) is 237 Å². The summed E-state index contributed by atoms with van der Waals surface area (Å²) in [6.07, 6.45) is 0. The summed E-state index contributed by atoms with van der Waals surface area (Å²) in [4.78, 5) is 8.12. The van der Waals surface area contributed by atoms with Crippen LogP contribution in [-0.4, -0.2) is 4.98 Å². The summed E-state index contributed by atoms with van der Waals surface area (Å²) < 4.78 is 0. The normalized spacial score (nSPS) is 13.2. The van der Waals surface area contributed by atoms with E-state index < -0.39 is 5.41 Å². The van der Waals surface area contributed by atoms with Crippen molar-refractivity contribution < 1.29 is 0 Å². The highest BCUT2D eigenvalue weighted by Crippen LogP contribution is 2.63. The zero-order valence-electron chi connectivity index (χ0n) is 35.9. The minimum absolute atomic E-state index is 0.447. The van der Waals surface area contributed by atoms with Crippen molar-refractivity contribution in [2.45, 2.75) is 15.2 Å². The third-order valence-corrected chi connectivity index (χ3v) is 15.5. The first-order chi connectivity index (χ1) is 32.8. The number of aromatic nitrogens is 1. The maximum absolute atomic E-state index is 5.50. The molecule has 0 amide bonds. The second kappa shape index (κ2) is 14.5. The lowest BCUT2D eigenvalue weighted by Crippen LogP contribution is -2.31. The molecule has 0 N–H and O–H groups in total. The van der Waals surface area contributed by atoms with Crippen LogP contribution in [0.5, 0.6) is 0 Å². The molecule has 2 aliphatic rings. The van der Waals surface area contributed by atoms with E-state index in [4.69, 9.17) is 4.98 Å². The van der Waals surface area contributed by atoms with E-state index in [-0.39, 0.29) is 0 Å². The Kier molecular flexibility index (Phi) is 8.20. The molecular formula is C64H39NS. The lowest BCUT2D eigenvalue weighted by atomic mass is 9.67. The molecule has 0 fully saturated rings. The van der Waals surface area contributed by atoms with E-state index in [9.17, 15) is 0 Å². The summed E-state index contributed by atoms with van der Waals surface area (Å²) in [5, 5.41) is 8.59. The summed E-state index contributed by atoms with van der Waals surface area (Å²) in [7, 11) is 0. The Morgan fingerprint density at radius 1 is 0.288 bits per heavy atom. The highest BCUT2D eigenvalue weighted by atomic mass is 32.2. The van der Waals surface area contributed by atoms with Crippen molar-refractivity contribution in [1.82, 2.24) is 4.98 Å². The van der Waals surface area contributed by atoms with Crippen LogP contribution in [0.2, 0.25) is 0 Å². The number of benzene rings is 11. The van der Waals surface area contributed by atoms with Crippen LogP contribution in [0, 0.1) is 0 Å². The van der Waals surface area contributed by atoms with Gasteiger partial charge in [-0.25, -0.2) is 4.98 Å². The van der Waals surface area contributed by atoms with E-state index >= 15 is 0 Å². The van der Waals surface area contributed by atoms with E-state index in [0.717, 1.165) is 22.2 Å². The fourth-order valence-electron chi connectivity index (χ4n) is 11.6. The zero-order chi connectivity index (χ0) is 43.3. The molecule has 12 aromatic rings. The molecule has 14 rings (SSSR count). The quantitative estimate of drug-likeness (QED) is 0.129. The Morgan fingerprint density at radius 2 is 0.742 bits per heavy atom. The lowest BCUT2D eigenvalue weighted by molar-refractivity contribution is 0.723. The molecular weight excluding hydrogens is 815 g/mol. The van der Waals surface area contributed by atoms with Crippen LogP contribution >= 0.6 is 11.8 Å². The van der Waals surface area contributed by atoms with Crippen molar-refractivity contribution in [3.8, 4) is 55.8 Å². The average Bonchev–Trinajstić information content (AvgIpc) is 3.68. The number of rotatable bonds is 4. The second-order valence-electron chi connectivity index (χ2n) is 17.6. The van der Waals surface area contributed by atoms with Crippen LogP contribution in [-0.2, 0) is 5.41 Å². The minimum Gasteiger partial charge on any atom is -0.247 e. The van der Waals surface area contributed by atoms with Crippen molar-refractivity contribution in [2.75, 3.05) is 0 Å². The van der Waals surface area contributed by atoms with Crippen LogP contribution in [0.3, 0.4) is 0 Å². The minimum atomic E-state index is -0.447. The SMILES string of the molecule is c1ccc(-c2ccc(-c3c4ccccc4c(-c4ccc(-c5nc6ccccc6c6c7c(ccc56)C5(c6ccccc6Sc6ccccc65)c5ccccc5-7)cc4)c4ccccc34)cc2)cc1. The topological polar surface area (TPSA) is 12.9 Å². The smallest absolute Gasteiger partial charge is 0.0788 e. The monoisotopic (exact) mass is 853 g/mol. The molecule has 1 aromatic heterocycles. The number of hydrogen-bond acceptors (Lipinski definition) is 2. The fraction of sp³-hybridized carbons (Fsp3) is 0.0156. The van der Waals surface area contributed by atoms with E-state index in [1.165, 1.54) is 109 Å². The molecule has 66 heavy (non-hydrogen) atoms. The molecule has 0 unspecified atom stereocenters. The van der Waals surface area contributed by atoms with Crippen LogP contribution in [0.4, 0.5) is 0 Å². The fourth-order valence-corrected chi connectivity index (χ4v) is 12.8. The van der Waals surface area contributed by atoms with Gasteiger partial charge in [0.25, 0.3) is 0 Å². The average molecular weight is 854 g/mol. The molecule has 11 aromatic carbocycles. The Bertz CT molecular complexity index is 3840. The summed E-state index contributed by atoms with van der Waals surface area (Å²) in [5.41, 5.74) is 18.0. The Morgan fingerprint density at radius 3 is 1.35 bits per heavy atom. The van der Waals surface area contributed by atoms with E-state index in [1.807, 2.05) is 11.8 Å². The lowest BCUT2D eigenvalue weighted by Gasteiger charge is -2.39. The van der Waals surface area contributed by atoms with E-state index in [1.54, 1.807) is 0 Å². The summed E-state index contributed by atoms with van der Waals surface area (Å²) in [6, 6.07) is 87.5. The number of para-hydroxylation sites is 1. The first-order valence-electron chi connectivity index (χ1n) is 22.8. The number of fused-ring (bicyclic) bond motifs is 15. The van der Waals surface area contributed by atoms with Gasteiger partial charge in [-0.3, -0.25) is 0 Å². The predicted octanol–water partition coefficient (Wildman–Crippen LogP) is 17.2. The third-order valence-electron chi connectivity index (χ3n) is 14.3. The zero-order valence-corrected chi connectivity index (χ0v) is 36.7. The van der Waals surface area contributed by atoms with Crippen molar-refractivity contribution in [3.63, 3.8) is 0 Å². The van der Waals surface area contributed by atoms with Gasteiger partial charge in [0.2, 0.25) is 0 Å². The highest BCUT2D eigenvalue weighted by molar-refractivity contribution is 7.99. The summed E-state index contributed by atoms with van der Waals surface area (Å²) in [5.74, 6) is 0. The number of hydrogen-bond donors (Lipinski definition) is 0. The van der Waals surface area contributed by atoms with Gasteiger partial charge in [0.15, 0.2) is 0 Å². The predicted molar refractivity (Wildman–Crippen MR) is 277 cm³/mol. The van der Waals surface area contributed by atoms with Gasteiger partial charge < -0.3 is 0 Å². The molecule has 1 aliphatic heterocycles. The molecule has 0 atom stereocenters. The molecule has 1 aliphatic carbocycles. The van der Waals surface area contributed by atoms with Crippen LogP contribution in [0.25, 0.3) is 99.0 Å². The van der Waals surface area contributed by atoms with Gasteiger partial charge in [0, 0.05) is 31.5 Å². The largest absolute Gasteiger partial charge is 0.247 e. The van der Waals surface area contributed by atoms with Crippen LogP contribution in [0.15, 0.2) is 246 Å². The third kappa shape index (κ3) is 5.28. The maximum Gasteiger partial charge on any atom is 0.0788 e. The Balaban J connectivity index is 0.962. The molecule has 2 heteroatoms. The molecule has 0 saturated heterocycles. The Labute approximate surface area is 387 Å². The standard InChI is InChI=1S/C64H39NS/c1-2-16-40(17-3-1)41-30-32-42(33-31-41)59-45-18-4-6-20-47(45)60(48-21-7-5-19-46(48)59)43-34-36-44(37-35-43)63-51-38-39-55-62(61(51)50-23-9-13-27-56(50)65-63)49-22-8-10-24-52(49)64(55)53-25-11-14-28-57(53)66-58-29-15-12-26-54(58)64/h1-39H. The van der Waals surface area contributed by atoms with Gasteiger partial charge >= 0.3 is 0 Å². The first kappa shape index (κ1) is 37.3. The Hall–Kier alpha value is -8.04. The van der Waals surface area contributed by atoms with Crippen molar-refractivity contribution in [1.29, 1.82) is 0 Å². The first-order valence-corrected chi connectivity index (χ1v) is 23.6.